The van der Waals surface area contributed by atoms with E-state index in [1.54, 1.807) is 0 Å². The normalized spacial score (nSPS) is 16.0. The molecule has 132 valence electrons. The zero-order valence-corrected chi connectivity index (χ0v) is 15.5. The lowest BCUT2D eigenvalue weighted by atomic mass is 9.99. The van der Waals surface area contributed by atoms with Crippen molar-refractivity contribution >= 4 is 5.91 Å². The molecule has 1 heterocycles. The zero-order valence-electron chi connectivity index (χ0n) is 15.5. The number of likely N-dealkylation sites (tertiary alicyclic amines) is 1. The summed E-state index contributed by atoms with van der Waals surface area (Å²) < 4.78 is 0. The standard InChI is InChI=1S/C22H28N2O/c1-16-13-17(2)21(18(3)14-16)22(25)23-15-20(24-11-7-8-12-24)19-9-5-4-6-10-19/h4-6,9-10,13-14,20H,7-8,11-12,15H2,1-3H3,(H,23,25). The smallest absolute Gasteiger partial charge is 0.251 e. The van der Waals surface area contributed by atoms with E-state index in [1.165, 1.54) is 24.0 Å². The van der Waals surface area contributed by atoms with E-state index in [0.29, 0.717) is 6.54 Å². The van der Waals surface area contributed by atoms with Crippen LogP contribution in [0.25, 0.3) is 0 Å². The molecule has 0 aliphatic carbocycles. The fourth-order valence-electron chi connectivity index (χ4n) is 4.00. The average Bonchev–Trinajstić information content (AvgIpc) is 3.09. The summed E-state index contributed by atoms with van der Waals surface area (Å²) >= 11 is 0. The van der Waals surface area contributed by atoms with Crippen LogP contribution in [0.5, 0.6) is 0 Å². The van der Waals surface area contributed by atoms with Gasteiger partial charge in [0.1, 0.15) is 0 Å². The molecule has 0 radical (unpaired) electrons. The van der Waals surface area contributed by atoms with E-state index in [4.69, 9.17) is 0 Å². The summed E-state index contributed by atoms with van der Waals surface area (Å²) in [5.41, 5.74) is 5.39. The molecule has 1 aliphatic rings. The molecule has 1 N–H and O–H groups in total. The molecular weight excluding hydrogens is 308 g/mol. The van der Waals surface area contributed by atoms with Gasteiger partial charge in [0.25, 0.3) is 5.91 Å². The number of nitrogens with zero attached hydrogens (tertiary/aromatic N) is 1. The molecule has 1 fully saturated rings. The Labute approximate surface area is 151 Å². The van der Waals surface area contributed by atoms with E-state index in [2.05, 4.69) is 53.5 Å². The minimum Gasteiger partial charge on any atom is -0.350 e. The fraction of sp³-hybridized carbons (Fsp3) is 0.409. The Hall–Kier alpha value is -2.13. The zero-order chi connectivity index (χ0) is 17.8. The third kappa shape index (κ3) is 4.10. The predicted octanol–water partition coefficient (Wildman–Crippen LogP) is 4.18. The highest BCUT2D eigenvalue weighted by atomic mass is 16.1. The van der Waals surface area contributed by atoms with Gasteiger partial charge in [-0.1, -0.05) is 48.0 Å². The topological polar surface area (TPSA) is 32.3 Å². The summed E-state index contributed by atoms with van der Waals surface area (Å²) in [6.07, 6.45) is 2.49. The number of hydrogen-bond donors (Lipinski definition) is 1. The van der Waals surface area contributed by atoms with Gasteiger partial charge in [0.05, 0.1) is 6.04 Å². The minimum atomic E-state index is 0.0372. The van der Waals surface area contributed by atoms with Crippen molar-refractivity contribution in [3.05, 3.63) is 70.3 Å². The monoisotopic (exact) mass is 336 g/mol. The highest BCUT2D eigenvalue weighted by molar-refractivity contribution is 5.97. The molecule has 1 aliphatic heterocycles. The summed E-state index contributed by atoms with van der Waals surface area (Å²) in [5.74, 6) is 0.0372. The maximum Gasteiger partial charge on any atom is 0.251 e. The lowest BCUT2D eigenvalue weighted by molar-refractivity contribution is 0.0936. The van der Waals surface area contributed by atoms with Crippen molar-refractivity contribution in [2.24, 2.45) is 0 Å². The van der Waals surface area contributed by atoms with Crippen LogP contribution in [0.3, 0.4) is 0 Å². The van der Waals surface area contributed by atoms with E-state index in [-0.39, 0.29) is 11.9 Å². The number of benzene rings is 2. The molecule has 3 heteroatoms. The average molecular weight is 336 g/mol. The number of nitrogens with one attached hydrogen (secondary N) is 1. The van der Waals surface area contributed by atoms with Gasteiger partial charge in [-0.3, -0.25) is 9.69 Å². The van der Waals surface area contributed by atoms with Crippen LogP contribution in [0.1, 0.15) is 51.5 Å². The maximum absolute atomic E-state index is 12.8. The van der Waals surface area contributed by atoms with Gasteiger partial charge in [-0.25, -0.2) is 0 Å². The largest absolute Gasteiger partial charge is 0.350 e. The second kappa shape index (κ2) is 7.83. The molecule has 0 spiro atoms. The highest BCUT2D eigenvalue weighted by Gasteiger charge is 2.24. The molecule has 25 heavy (non-hydrogen) atoms. The van der Waals surface area contributed by atoms with E-state index >= 15 is 0 Å². The quantitative estimate of drug-likeness (QED) is 0.888. The van der Waals surface area contributed by atoms with Gasteiger partial charge in [-0.2, -0.15) is 0 Å². The third-order valence-corrected chi connectivity index (χ3v) is 5.13. The number of carbonyl (C=O) groups is 1. The van der Waals surface area contributed by atoms with Crippen LogP contribution in [-0.4, -0.2) is 30.4 Å². The Kier molecular flexibility index (Phi) is 5.54. The van der Waals surface area contributed by atoms with Crippen molar-refractivity contribution < 1.29 is 4.79 Å². The highest BCUT2D eigenvalue weighted by Crippen LogP contribution is 2.25. The molecule has 1 unspecified atom stereocenters. The number of carbonyl (C=O) groups excluding carboxylic acids is 1. The van der Waals surface area contributed by atoms with Crippen LogP contribution >= 0.6 is 0 Å². The van der Waals surface area contributed by atoms with Crippen LogP contribution < -0.4 is 5.32 Å². The number of aryl methyl sites for hydroxylation is 3. The number of rotatable bonds is 5. The number of hydrogen-bond acceptors (Lipinski definition) is 2. The first kappa shape index (κ1) is 17.7. The first-order valence-electron chi connectivity index (χ1n) is 9.21. The molecule has 0 saturated carbocycles. The summed E-state index contributed by atoms with van der Waals surface area (Å²) in [5, 5.41) is 3.19. The molecule has 3 rings (SSSR count). The van der Waals surface area contributed by atoms with Gasteiger partial charge < -0.3 is 5.32 Å². The van der Waals surface area contributed by atoms with Crippen LogP contribution in [-0.2, 0) is 0 Å². The van der Waals surface area contributed by atoms with Gasteiger partial charge in [0, 0.05) is 12.1 Å². The molecule has 2 aromatic rings. The molecule has 0 aromatic heterocycles. The SMILES string of the molecule is Cc1cc(C)c(C(=O)NCC(c2ccccc2)N2CCCC2)c(C)c1. The van der Waals surface area contributed by atoms with Crippen LogP contribution in [0, 0.1) is 20.8 Å². The van der Waals surface area contributed by atoms with Gasteiger partial charge in [-0.15, -0.1) is 0 Å². The van der Waals surface area contributed by atoms with Crippen LogP contribution in [0.4, 0.5) is 0 Å². The second-order valence-corrected chi connectivity index (χ2v) is 7.15. The van der Waals surface area contributed by atoms with Gasteiger partial charge in [-0.05, 0) is 63.4 Å². The Morgan fingerprint density at radius 3 is 2.24 bits per heavy atom. The Bertz CT molecular complexity index is 710. The summed E-state index contributed by atoms with van der Waals surface area (Å²) in [7, 11) is 0. The summed E-state index contributed by atoms with van der Waals surface area (Å²) in [6, 6.07) is 14.9. The molecule has 2 aromatic carbocycles. The van der Waals surface area contributed by atoms with E-state index in [0.717, 1.165) is 29.8 Å². The molecule has 0 bridgehead atoms. The molecule has 3 nitrogen and oxygen atoms in total. The summed E-state index contributed by atoms with van der Waals surface area (Å²) in [4.78, 5) is 15.3. The van der Waals surface area contributed by atoms with E-state index in [9.17, 15) is 4.79 Å². The number of amides is 1. The second-order valence-electron chi connectivity index (χ2n) is 7.15. The molecule has 1 atom stereocenters. The Balaban J connectivity index is 1.76. The van der Waals surface area contributed by atoms with E-state index < -0.39 is 0 Å². The van der Waals surface area contributed by atoms with Gasteiger partial charge in [0.2, 0.25) is 0 Å². The first-order valence-corrected chi connectivity index (χ1v) is 9.21. The van der Waals surface area contributed by atoms with Crippen molar-refractivity contribution in [1.82, 2.24) is 10.2 Å². The van der Waals surface area contributed by atoms with Crippen LogP contribution in [0.15, 0.2) is 42.5 Å². The van der Waals surface area contributed by atoms with Crippen molar-refractivity contribution in [3.63, 3.8) is 0 Å². The van der Waals surface area contributed by atoms with Crippen molar-refractivity contribution in [3.8, 4) is 0 Å². The van der Waals surface area contributed by atoms with Crippen molar-refractivity contribution in [1.29, 1.82) is 0 Å². The third-order valence-electron chi connectivity index (χ3n) is 5.13. The molecule has 1 saturated heterocycles. The summed E-state index contributed by atoms with van der Waals surface area (Å²) in [6.45, 7) is 8.97. The van der Waals surface area contributed by atoms with Crippen molar-refractivity contribution in [2.75, 3.05) is 19.6 Å². The Morgan fingerprint density at radius 1 is 1.04 bits per heavy atom. The van der Waals surface area contributed by atoms with Crippen molar-refractivity contribution in [2.45, 2.75) is 39.7 Å². The first-order chi connectivity index (χ1) is 12.1. The van der Waals surface area contributed by atoms with Crippen LogP contribution in [0.2, 0.25) is 0 Å². The predicted molar refractivity (Wildman–Crippen MR) is 103 cm³/mol. The van der Waals surface area contributed by atoms with Gasteiger partial charge in [0.15, 0.2) is 0 Å². The molecular formula is C22H28N2O. The van der Waals surface area contributed by atoms with Gasteiger partial charge >= 0.3 is 0 Å². The lowest BCUT2D eigenvalue weighted by Gasteiger charge is -2.28. The fourth-order valence-corrected chi connectivity index (χ4v) is 4.00. The Morgan fingerprint density at radius 2 is 1.64 bits per heavy atom. The molecule has 1 amide bonds. The lowest BCUT2D eigenvalue weighted by Crippen LogP contribution is -2.37. The minimum absolute atomic E-state index is 0.0372. The van der Waals surface area contributed by atoms with E-state index in [1.807, 2.05) is 19.9 Å². The maximum atomic E-state index is 12.8.